The van der Waals surface area contributed by atoms with Gasteiger partial charge in [-0.1, -0.05) is 30.3 Å². The van der Waals surface area contributed by atoms with Crippen molar-refractivity contribution in [2.75, 3.05) is 13.2 Å². The average molecular weight is 271 g/mol. The normalized spacial score (nSPS) is 26.4. The van der Waals surface area contributed by atoms with Crippen molar-refractivity contribution in [2.24, 2.45) is 0 Å². The third-order valence-electron chi connectivity index (χ3n) is 4.10. The van der Waals surface area contributed by atoms with E-state index in [1.807, 2.05) is 18.2 Å². The van der Waals surface area contributed by atoms with Gasteiger partial charge in [0.25, 0.3) is 0 Å². The fourth-order valence-electron chi connectivity index (χ4n) is 3.03. The van der Waals surface area contributed by atoms with Gasteiger partial charge < -0.3 is 10.1 Å². The van der Waals surface area contributed by atoms with Gasteiger partial charge in [-0.3, -0.25) is 4.79 Å². The number of rotatable bonds is 4. The molecule has 0 amide bonds. The summed E-state index contributed by atoms with van der Waals surface area (Å²) >= 11 is 0. The molecule has 3 heteroatoms. The molecule has 2 atom stereocenters. The Morgan fingerprint density at radius 3 is 2.80 bits per heavy atom. The Hall–Kier alpha value is -1.61. The molecule has 0 bridgehead atoms. The van der Waals surface area contributed by atoms with Gasteiger partial charge in [0.05, 0.1) is 6.10 Å². The van der Waals surface area contributed by atoms with Crippen LogP contribution in [0.1, 0.15) is 37.2 Å². The molecule has 1 aliphatic heterocycles. The minimum absolute atomic E-state index is 0.222. The molecule has 0 spiro atoms. The summed E-state index contributed by atoms with van der Waals surface area (Å²) in [5.41, 5.74) is 2.32. The summed E-state index contributed by atoms with van der Waals surface area (Å²) in [7, 11) is 0. The monoisotopic (exact) mass is 271 g/mol. The topological polar surface area (TPSA) is 38.3 Å². The molecule has 1 fully saturated rings. The quantitative estimate of drug-likeness (QED) is 0.915. The number of ether oxygens (including phenoxy) is 1. The standard InChI is InChI=1S/C17H21NO2/c19-16-10-14(13-5-2-1-3-6-13)9-15(11-16)18-12-17-7-4-8-20-17/h1-3,5-6,11,14,17-18H,4,7-10,12H2/t14-,17-/m1/s1. The number of hydrogen-bond acceptors (Lipinski definition) is 3. The van der Waals surface area contributed by atoms with Gasteiger partial charge in [-0.2, -0.15) is 0 Å². The van der Waals surface area contributed by atoms with E-state index in [4.69, 9.17) is 4.74 Å². The highest BCUT2D eigenvalue weighted by atomic mass is 16.5. The van der Waals surface area contributed by atoms with E-state index in [2.05, 4.69) is 17.4 Å². The first-order chi connectivity index (χ1) is 9.81. The van der Waals surface area contributed by atoms with Crippen LogP contribution >= 0.6 is 0 Å². The van der Waals surface area contributed by atoms with Crippen molar-refractivity contribution in [3.05, 3.63) is 47.7 Å². The summed E-state index contributed by atoms with van der Waals surface area (Å²) in [5.74, 6) is 0.528. The number of allylic oxidation sites excluding steroid dienone is 2. The summed E-state index contributed by atoms with van der Waals surface area (Å²) in [6, 6.07) is 10.3. The molecule has 0 aromatic heterocycles. The van der Waals surface area contributed by atoms with Crippen molar-refractivity contribution in [2.45, 2.75) is 37.7 Å². The largest absolute Gasteiger partial charge is 0.386 e. The molecular formula is C17H21NO2. The predicted molar refractivity (Wildman–Crippen MR) is 78.5 cm³/mol. The molecule has 3 rings (SSSR count). The lowest BCUT2D eigenvalue weighted by molar-refractivity contribution is -0.115. The highest BCUT2D eigenvalue weighted by Crippen LogP contribution is 2.30. The summed E-state index contributed by atoms with van der Waals surface area (Å²) in [4.78, 5) is 11.9. The van der Waals surface area contributed by atoms with Crippen molar-refractivity contribution < 1.29 is 9.53 Å². The molecule has 1 saturated heterocycles. The van der Waals surface area contributed by atoms with Crippen LogP contribution in [0.25, 0.3) is 0 Å². The Morgan fingerprint density at radius 1 is 1.20 bits per heavy atom. The Labute approximate surface area is 120 Å². The van der Waals surface area contributed by atoms with Crippen LogP contribution in [0.5, 0.6) is 0 Å². The van der Waals surface area contributed by atoms with Crippen LogP contribution in [0.3, 0.4) is 0 Å². The Kier molecular flexibility index (Phi) is 4.16. The number of hydrogen-bond donors (Lipinski definition) is 1. The molecule has 1 heterocycles. The van der Waals surface area contributed by atoms with E-state index in [0.29, 0.717) is 18.4 Å². The Balaban J connectivity index is 1.61. The van der Waals surface area contributed by atoms with E-state index in [0.717, 1.165) is 38.1 Å². The zero-order valence-corrected chi connectivity index (χ0v) is 11.7. The first kappa shape index (κ1) is 13.4. The average Bonchev–Trinajstić information content (AvgIpc) is 2.99. The van der Waals surface area contributed by atoms with Crippen molar-refractivity contribution in [3.63, 3.8) is 0 Å². The fraction of sp³-hybridized carbons (Fsp3) is 0.471. The molecule has 106 valence electrons. The highest BCUT2D eigenvalue weighted by Gasteiger charge is 2.23. The molecule has 0 saturated carbocycles. The van der Waals surface area contributed by atoms with Crippen molar-refractivity contribution in [3.8, 4) is 0 Å². The smallest absolute Gasteiger partial charge is 0.158 e. The van der Waals surface area contributed by atoms with Crippen LogP contribution < -0.4 is 5.32 Å². The lowest BCUT2D eigenvalue weighted by Gasteiger charge is -2.24. The Bertz CT molecular complexity index is 489. The van der Waals surface area contributed by atoms with Gasteiger partial charge in [0, 0.05) is 31.3 Å². The first-order valence-electron chi connectivity index (χ1n) is 7.45. The van der Waals surface area contributed by atoms with Gasteiger partial charge in [-0.05, 0) is 30.7 Å². The number of ketones is 1. The third-order valence-corrected chi connectivity index (χ3v) is 4.10. The lowest BCUT2D eigenvalue weighted by atomic mass is 9.85. The summed E-state index contributed by atoms with van der Waals surface area (Å²) in [6.45, 7) is 1.69. The van der Waals surface area contributed by atoms with E-state index in [-0.39, 0.29) is 5.78 Å². The maximum Gasteiger partial charge on any atom is 0.158 e. The molecule has 0 radical (unpaired) electrons. The number of carbonyl (C=O) groups excluding carboxylic acids is 1. The molecule has 1 N–H and O–H groups in total. The van der Waals surface area contributed by atoms with Crippen LogP contribution in [-0.4, -0.2) is 25.0 Å². The second-order valence-corrected chi connectivity index (χ2v) is 5.67. The number of carbonyl (C=O) groups is 1. The Morgan fingerprint density at radius 2 is 2.05 bits per heavy atom. The maximum atomic E-state index is 11.9. The van der Waals surface area contributed by atoms with Crippen molar-refractivity contribution >= 4 is 5.78 Å². The molecular weight excluding hydrogens is 250 g/mol. The van der Waals surface area contributed by atoms with Gasteiger partial charge in [-0.15, -0.1) is 0 Å². The molecule has 1 aromatic rings. The van der Waals surface area contributed by atoms with Crippen LogP contribution in [-0.2, 0) is 9.53 Å². The minimum atomic E-state index is 0.222. The molecule has 1 aromatic carbocycles. The summed E-state index contributed by atoms with van der Waals surface area (Å²) in [5, 5.41) is 3.41. The van der Waals surface area contributed by atoms with E-state index in [9.17, 15) is 4.79 Å². The number of benzene rings is 1. The van der Waals surface area contributed by atoms with Crippen LogP contribution in [0.15, 0.2) is 42.1 Å². The maximum absolute atomic E-state index is 11.9. The SMILES string of the molecule is O=C1C=C(NC[C@H]2CCCO2)C[C@@H](c2ccccc2)C1. The predicted octanol–water partition coefficient (Wildman–Crippen LogP) is 2.79. The first-order valence-corrected chi connectivity index (χ1v) is 7.45. The molecule has 2 aliphatic rings. The van der Waals surface area contributed by atoms with Crippen LogP contribution in [0.4, 0.5) is 0 Å². The van der Waals surface area contributed by atoms with Gasteiger partial charge in [-0.25, -0.2) is 0 Å². The van der Waals surface area contributed by atoms with Gasteiger partial charge in [0.1, 0.15) is 0 Å². The second-order valence-electron chi connectivity index (χ2n) is 5.67. The van der Waals surface area contributed by atoms with Crippen molar-refractivity contribution in [1.82, 2.24) is 5.32 Å². The zero-order chi connectivity index (χ0) is 13.8. The van der Waals surface area contributed by atoms with E-state index in [1.54, 1.807) is 6.08 Å². The second kappa shape index (κ2) is 6.23. The third kappa shape index (κ3) is 3.28. The molecule has 1 aliphatic carbocycles. The summed E-state index contributed by atoms with van der Waals surface area (Å²) < 4.78 is 5.61. The van der Waals surface area contributed by atoms with E-state index >= 15 is 0 Å². The summed E-state index contributed by atoms with van der Waals surface area (Å²) in [6.07, 6.45) is 5.89. The molecule has 20 heavy (non-hydrogen) atoms. The van der Waals surface area contributed by atoms with Crippen LogP contribution in [0, 0.1) is 0 Å². The zero-order valence-electron chi connectivity index (χ0n) is 11.7. The minimum Gasteiger partial charge on any atom is -0.386 e. The molecule has 3 nitrogen and oxygen atoms in total. The van der Waals surface area contributed by atoms with Crippen LogP contribution in [0.2, 0.25) is 0 Å². The number of nitrogens with one attached hydrogen (secondary N) is 1. The van der Waals surface area contributed by atoms with Gasteiger partial charge in [0.15, 0.2) is 5.78 Å². The fourth-order valence-corrected chi connectivity index (χ4v) is 3.03. The molecule has 0 unspecified atom stereocenters. The van der Waals surface area contributed by atoms with Gasteiger partial charge in [0.2, 0.25) is 0 Å². The van der Waals surface area contributed by atoms with E-state index in [1.165, 1.54) is 5.56 Å². The lowest BCUT2D eigenvalue weighted by Crippen LogP contribution is -2.29. The highest BCUT2D eigenvalue weighted by molar-refractivity contribution is 5.91. The van der Waals surface area contributed by atoms with E-state index < -0.39 is 0 Å². The van der Waals surface area contributed by atoms with Gasteiger partial charge >= 0.3 is 0 Å². The van der Waals surface area contributed by atoms with Crippen molar-refractivity contribution in [1.29, 1.82) is 0 Å².